The lowest BCUT2D eigenvalue weighted by molar-refractivity contribution is 0.241. The first kappa shape index (κ1) is 8.18. The molecular weight excluding hydrogens is 172 g/mol. The van der Waals surface area contributed by atoms with Gasteiger partial charge in [0.1, 0.15) is 5.76 Å². The monoisotopic (exact) mass is 178 g/mol. The third-order valence-corrected chi connectivity index (χ3v) is 1.99. The minimum absolute atomic E-state index is 0.336. The second-order valence-corrected chi connectivity index (χ2v) is 3.48. The molecule has 6 nitrogen and oxygen atoms in total. The van der Waals surface area contributed by atoms with Crippen LogP contribution in [0.15, 0.2) is 15.6 Å². The van der Waals surface area contributed by atoms with Crippen molar-refractivity contribution in [2.45, 2.75) is 11.9 Å². The van der Waals surface area contributed by atoms with Gasteiger partial charge in [0.05, 0.1) is 0 Å². The maximum atomic E-state index is 10.7. The molecule has 0 fully saturated rings. The fourth-order valence-corrected chi connectivity index (χ4v) is 1.07. The fraction of sp³-hybridized carbons (Fsp3) is 0.250. The molecule has 0 amide bonds. The van der Waals surface area contributed by atoms with Gasteiger partial charge >= 0.3 is 0 Å². The van der Waals surface area contributed by atoms with Crippen molar-refractivity contribution in [3.05, 3.63) is 11.8 Å². The number of hydrogen-bond acceptors (Lipinski definition) is 5. The van der Waals surface area contributed by atoms with E-state index in [-0.39, 0.29) is 5.03 Å². The number of aryl methyl sites for hydroxylation is 1. The van der Waals surface area contributed by atoms with Gasteiger partial charge in [-0.25, -0.2) is 8.42 Å². The van der Waals surface area contributed by atoms with Crippen LogP contribution >= 0.6 is 0 Å². The van der Waals surface area contributed by atoms with Crippen LogP contribution in [0.1, 0.15) is 5.76 Å². The Morgan fingerprint density at radius 1 is 1.73 bits per heavy atom. The van der Waals surface area contributed by atoms with E-state index >= 15 is 0 Å². The van der Waals surface area contributed by atoms with Crippen molar-refractivity contribution in [1.29, 1.82) is 0 Å². The van der Waals surface area contributed by atoms with Crippen LogP contribution in [-0.2, 0) is 10.0 Å². The van der Waals surface area contributed by atoms with Crippen LogP contribution in [0.2, 0.25) is 0 Å². The molecule has 0 bridgehead atoms. The van der Waals surface area contributed by atoms with Crippen molar-refractivity contribution in [3.63, 3.8) is 0 Å². The van der Waals surface area contributed by atoms with E-state index in [1.807, 2.05) is 0 Å². The molecule has 0 atom stereocenters. The quantitative estimate of drug-likeness (QED) is 0.604. The Balaban J connectivity index is 3.13. The maximum Gasteiger partial charge on any atom is 0.283 e. The smallest absolute Gasteiger partial charge is 0.283 e. The van der Waals surface area contributed by atoms with Gasteiger partial charge in [-0.3, -0.25) is 0 Å². The minimum Gasteiger partial charge on any atom is -0.360 e. The Kier molecular flexibility index (Phi) is 1.94. The van der Waals surface area contributed by atoms with E-state index in [9.17, 15) is 8.42 Å². The summed E-state index contributed by atoms with van der Waals surface area (Å²) in [7, 11) is -3.88. The first-order chi connectivity index (χ1) is 5.06. The highest BCUT2D eigenvalue weighted by atomic mass is 32.2. The highest BCUT2D eigenvalue weighted by molar-refractivity contribution is 7.89. The van der Waals surface area contributed by atoms with Gasteiger partial charge in [-0.15, -0.1) is 0 Å². The predicted octanol–water partition coefficient (Wildman–Crippen LogP) is -0.349. The summed E-state index contributed by atoms with van der Waals surface area (Å²) in [6, 6.07) is 1.19. The molecule has 0 aliphatic rings. The summed E-state index contributed by atoms with van der Waals surface area (Å²) in [5, 5.41) is 11.0. The summed E-state index contributed by atoms with van der Waals surface area (Å²) in [6.07, 6.45) is 0. The summed E-state index contributed by atoms with van der Waals surface area (Å²) in [4.78, 5) is 1.12. The van der Waals surface area contributed by atoms with E-state index in [4.69, 9.17) is 5.21 Å². The average Bonchev–Trinajstić information content (AvgIpc) is 2.36. The lowest BCUT2D eigenvalue weighted by atomic mass is 10.5. The van der Waals surface area contributed by atoms with Crippen molar-refractivity contribution < 1.29 is 18.1 Å². The molecular formula is C4H6N2O4S. The number of hydrogen-bond donors (Lipinski definition) is 2. The molecule has 0 spiro atoms. The molecule has 2 N–H and O–H groups in total. The third-order valence-electron chi connectivity index (χ3n) is 1.00. The summed E-state index contributed by atoms with van der Waals surface area (Å²) in [5.41, 5.74) is 0. The molecule has 0 saturated heterocycles. The molecule has 0 aliphatic carbocycles. The van der Waals surface area contributed by atoms with Crippen LogP contribution < -0.4 is 4.89 Å². The molecule has 1 rings (SSSR count). The molecule has 1 aromatic heterocycles. The van der Waals surface area contributed by atoms with Crippen LogP contribution in [0.5, 0.6) is 0 Å². The molecule has 0 radical (unpaired) electrons. The summed E-state index contributed by atoms with van der Waals surface area (Å²) < 4.78 is 25.9. The van der Waals surface area contributed by atoms with E-state index < -0.39 is 10.0 Å². The van der Waals surface area contributed by atoms with Crippen molar-refractivity contribution >= 4 is 10.0 Å². The second kappa shape index (κ2) is 2.61. The van der Waals surface area contributed by atoms with Gasteiger partial charge < -0.3 is 9.73 Å². The van der Waals surface area contributed by atoms with E-state index in [1.54, 1.807) is 6.92 Å². The average molecular weight is 178 g/mol. The van der Waals surface area contributed by atoms with Crippen molar-refractivity contribution in [2.24, 2.45) is 0 Å². The molecule has 0 unspecified atom stereocenters. The molecule has 11 heavy (non-hydrogen) atoms. The third kappa shape index (κ3) is 1.56. The van der Waals surface area contributed by atoms with Crippen LogP contribution in [0, 0.1) is 6.92 Å². The van der Waals surface area contributed by atoms with Gasteiger partial charge in [-0.2, -0.15) is 0 Å². The Bertz CT molecular complexity index is 341. The topological polar surface area (TPSA) is 92.4 Å². The Morgan fingerprint density at radius 2 is 2.36 bits per heavy atom. The zero-order valence-electron chi connectivity index (χ0n) is 5.60. The van der Waals surface area contributed by atoms with Crippen molar-refractivity contribution in [3.8, 4) is 0 Å². The minimum atomic E-state index is -3.88. The normalized spacial score (nSPS) is 11.8. The molecule has 7 heteroatoms. The maximum absolute atomic E-state index is 10.7. The largest absolute Gasteiger partial charge is 0.360 e. The lowest BCUT2D eigenvalue weighted by Gasteiger charge is -1.91. The first-order valence-corrected chi connectivity index (χ1v) is 4.14. The van der Waals surface area contributed by atoms with Gasteiger partial charge in [0.25, 0.3) is 10.0 Å². The predicted molar refractivity (Wildman–Crippen MR) is 33.3 cm³/mol. The van der Waals surface area contributed by atoms with Gasteiger partial charge in [-0.1, -0.05) is 10.0 Å². The van der Waals surface area contributed by atoms with Crippen LogP contribution in [0.4, 0.5) is 0 Å². The number of nitrogens with zero attached hydrogens (tertiary/aromatic N) is 1. The zero-order valence-corrected chi connectivity index (χ0v) is 6.42. The first-order valence-electron chi connectivity index (χ1n) is 2.65. The van der Waals surface area contributed by atoms with Gasteiger partial charge in [0.15, 0.2) is 0 Å². The molecule has 0 aromatic carbocycles. The Labute approximate surface area is 62.8 Å². The van der Waals surface area contributed by atoms with Crippen LogP contribution in [0.25, 0.3) is 0 Å². The number of rotatable bonds is 2. The van der Waals surface area contributed by atoms with E-state index in [1.165, 1.54) is 6.07 Å². The van der Waals surface area contributed by atoms with E-state index in [0.717, 1.165) is 4.89 Å². The van der Waals surface area contributed by atoms with E-state index in [0.29, 0.717) is 5.76 Å². The second-order valence-electron chi connectivity index (χ2n) is 1.87. The summed E-state index contributed by atoms with van der Waals surface area (Å²) in [6.45, 7) is 1.55. The Hall–Kier alpha value is -0.920. The number of nitrogens with one attached hydrogen (secondary N) is 1. The van der Waals surface area contributed by atoms with Crippen LogP contribution in [0.3, 0.4) is 0 Å². The molecule has 1 heterocycles. The van der Waals surface area contributed by atoms with Crippen LogP contribution in [-0.4, -0.2) is 18.8 Å². The lowest BCUT2D eigenvalue weighted by Crippen LogP contribution is -2.19. The molecule has 0 aliphatic heterocycles. The highest BCUT2D eigenvalue weighted by Crippen LogP contribution is 2.06. The number of sulfonamides is 1. The zero-order chi connectivity index (χ0) is 8.48. The number of aromatic nitrogens is 1. The fourth-order valence-electron chi connectivity index (χ4n) is 0.517. The van der Waals surface area contributed by atoms with Gasteiger partial charge in [-0.05, 0) is 6.92 Å². The molecule has 0 saturated carbocycles. The van der Waals surface area contributed by atoms with Gasteiger partial charge in [0.2, 0.25) is 5.03 Å². The Morgan fingerprint density at radius 3 is 2.73 bits per heavy atom. The summed E-state index contributed by atoms with van der Waals surface area (Å²) >= 11 is 0. The molecule has 1 aromatic rings. The van der Waals surface area contributed by atoms with Gasteiger partial charge in [0, 0.05) is 6.07 Å². The van der Waals surface area contributed by atoms with Crippen molar-refractivity contribution in [2.75, 3.05) is 0 Å². The standard InChI is InChI=1S/C4H6N2O4S/c1-3-2-4(5-10-3)11(8,9)6-7/h2,6-7H,1H3. The SMILES string of the molecule is Cc1cc(S(=O)(=O)NO)no1. The van der Waals surface area contributed by atoms with Crippen molar-refractivity contribution in [1.82, 2.24) is 10.0 Å². The summed E-state index contributed by atoms with van der Waals surface area (Å²) in [5.74, 6) is 0.360. The molecule has 62 valence electrons. The van der Waals surface area contributed by atoms with E-state index in [2.05, 4.69) is 9.68 Å². The highest BCUT2D eigenvalue weighted by Gasteiger charge is 2.16.